The summed E-state index contributed by atoms with van der Waals surface area (Å²) in [5.74, 6) is 0.00437. The van der Waals surface area contributed by atoms with Gasteiger partial charge in [-0.05, 0) is 60.2 Å². The molecule has 3 rings (SSSR count). The molecule has 0 spiro atoms. The number of nitriles is 1. The largest absolute Gasteiger partial charge is 0.311 e. The van der Waals surface area contributed by atoms with Crippen molar-refractivity contribution in [1.29, 1.82) is 5.26 Å². The van der Waals surface area contributed by atoms with Crippen LogP contribution in [0, 0.1) is 25.2 Å². The molecule has 1 aromatic heterocycles. The van der Waals surface area contributed by atoms with Crippen LogP contribution in [0.3, 0.4) is 0 Å². The number of anilines is 1. The lowest BCUT2D eigenvalue weighted by Gasteiger charge is -2.22. The van der Waals surface area contributed by atoms with Gasteiger partial charge in [-0.1, -0.05) is 41.1 Å². The Labute approximate surface area is 178 Å². The second-order valence-corrected chi connectivity index (χ2v) is 7.73. The molecule has 0 aliphatic rings. The van der Waals surface area contributed by atoms with E-state index in [0.717, 1.165) is 16.8 Å². The smallest absolute Gasteiger partial charge is 0.237 e. The lowest BCUT2D eigenvalue weighted by molar-refractivity contribution is -0.116. The Balaban J connectivity index is 1.75. The van der Waals surface area contributed by atoms with E-state index in [1.54, 1.807) is 21.7 Å². The summed E-state index contributed by atoms with van der Waals surface area (Å²) in [6, 6.07) is 15.3. The summed E-state index contributed by atoms with van der Waals surface area (Å²) < 4.78 is 1.60. The Bertz CT molecular complexity index is 1040. The zero-order chi connectivity index (χ0) is 20.8. The molecule has 1 heterocycles. The molecule has 9 heteroatoms. The van der Waals surface area contributed by atoms with Gasteiger partial charge in [-0.15, -0.1) is 5.10 Å². The number of aryl methyl sites for hydroxylation is 2. The van der Waals surface area contributed by atoms with Crippen molar-refractivity contribution >= 4 is 35.0 Å². The molecule has 0 fully saturated rings. The van der Waals surface area contributed by atoms with E-state index in [4.69, 9.17) is 16.9 Å². The van der Waals surface area contributed by atoms with Gasteiger partial charge in [0.1, 0.15) is 0 Å². The molecule has 3 aromatic rings. The van der Waals surface area contributed by atoms with Crippen LogP contribution in [0.2, 0.25) is 5.02 Å². The third-order valence-electron chi connectivity index (χ3n) is 4.25. The highest BCUT2D eigenvalue weighted by molar-refractivity contribution is 7.99. The molecular weight excluding hydrogens is 408 g/mol. The molecule has 0 radical (unpaired) electrons. The van der Waals surface area contributed by atoms with Gasteiger partial charge in [0.25, 0.3) is 0 Å². The van der Waals surface area contributed by atoms with Crippen LogP contribution in [0.4, 0.5) is 5.69 Å². The second-order valence-electron chi connectivity index (χ2n) is 6.38. The molecule has 0 aliphatic carbocycles. The van der Waals surface area contributed by atoms with Gasteiger partial charge in [-0.2, -0.15) is 9.94 Å². The van der Waals surface area contributed by atoms with Crippen molar-refractivity contribution in [3.8, 4) is 11.8 Å². The van der Waals surface area contributed by atoms with Crippen LogP contribution < -0.4 is 4.90 Å². The topological polar surface area (TPSA) is 87.7 Å². The van der Waals surface area contributed by atoms with Gasteiger partial charge in [0.15, 0.2) is 0 Å². The summed E-state index contributed by atoms with van der Waals surface area (Å²) in [6.07, 6.45) is 0.235. The summed E-state index contributed by atoms with van der Waals surface area (Å²) in [5.41, 5.74) is 3.54. The van der Waals surface area contributed by atoms with Crippen LogP contribution >= 0.6 is 23.4 Å². The average molecular weight is 427 g/mol. The quantitative estimate of drug-likeness (QED) is 0.531. The molecule has 0 aliphatic heterocycles. The fourth-order valence-corrected chi connectivity index (χ4v) is 3.56. The Morgan fingerprint density at radius 1 is 1.24 bits per heavy atom. The lowest BCUT2D eigenvalue weighted by Crippen LogP contribution is -2.33. The number of halogens is 1. The summed E-state index contributed by atoms with van der Waals surface area (Å²) in [6.45, 7) is 4.19. The van der Waals surface area contributed by atoms with Crippen LogP contribution in [0.25, 0.3) is 5.69 Å². The third kappa shape index (κ3) is 5.13. The van der Waals surface area contributed by atoms with Gasteiger partial charge >= 0.3 is 0 Å². The van der Waals surface area contributed by atoms with Crippen LogP contribution in [-0.2, 0) is 4.79 Å². The second kappa shape index (κ2) is 9.54. The number of tetrazole rings is 1. The molecular formula is C20H19ClN6OS. The summed E-state index contributed by atoms with van der Waals surface area (Å²) in [4.78, 5) is 14.5. The molecule has 0 saturated carbocycles. The van der Waals surface area contributed by atoms with Gasteiger partial charge in [0, 0.05) is 17.3 Å². The van der Waals surface area contributed by atoms with Gasteiger partial charge in [-0.3, -0.25) is 4.79 Å². The van der Waals surface area contributed by atoms with Crippen molar-refractivity contribution < 1.29 is 4.79 Å². The van der Waals surface area contributed by atoms with E-state index >= 15 is 0 Å². The van der Waals surface area contributed by atoms with Crippen molar-refractivity contribution in [2.24, 2.45) is 0 Å². The maximum Gasteiger partial charge on any atom is 0.237 e. The molecule has 148 valence electrons. The summed E-state index contributed by atoms with van der Waals surface area (Å²) >= 11 is 7.35. The predicted molar refractivity (Wildman–Crippen MR) is 113 cm³/mol. The number of nitrogens with zero attached hydrogens (tertiary/aromatic N) is 6. The van der Waals surface area contributed by atoms with Crippen LogP contribution in [-0.4, -0.2) is 38.4 Å². The Morgan fingerprint density at radius 2 is 2.00 bits per heavy atom. The van der Waals surface area contributed by atoms with E-state index in [-0.39, 0.29) is 18.1 Å². The van der Waals surface area contributed by atoms with Crippen LogP contribution in [0.15, 0.2) is 47.6 Å². The van der Waals surface area contributed by atoms with Gasteiger partial charge < -0.3 is 4.90 Å². The highest BCUT2D eigenvalue weighted by atomic mass is 35.5. The van der Waals surface area contributed by atoms with E-state index in [9.17, 15) is 4.79 Å². The molecule has 29 heavy (non-hydrogen) atoms. The van der Waals surface area contributed by atoms with E-state index < -0.39 is 0 Å². The van der Waals surface area contributed by atoms with Crippen molar-refractivity contribution in [3.05, 3.63) is 58.6 Å². The van der Waals surface area contributed by atoms with Crippen molar-refractivity contribution in [2.75, 3.05) is 17.2 Å². The molecule has 0 saturated heterocycles. The van der Waals surface area contributed by atoms with Gasteiger partial charge in [0.2, 0.25) is 11.1 Å². The first-order chi connectivity index (χ1) is 14.0. The maximum absolute atomic E-state index is 12.9. The van der Waals surface area contributed by atoms with Crippen LogP contribution in [0.5, 0.6) is 0 Å². The zero-order valence-corrected chi connectivity index (χ0v) is 17.6. The van der Waals surface area contributed by atoms with Crippen LogP contribution in [0.1, 0.15) is 17.5 Å². The normalized spacial score (nSPS) is 10.6. The Morgan fingerprint density at radius 3 is 2.69 bits per heavy atom. The number of aromatic nitrogens is 4. The monoisotopic (exact) mass is 426 g/mol. The minimum atomic E-state index is -0.134. The Hall–Kier alpha value is -2.89. The van der Waals surface area contributed by atoms with Crippen molar-refractivity contribution in [3.63, 3.8) is 0 Å². The standard InChI is InChI=1S/C20H19ClN6OS/c1-14-4-6-16(7-5-14)27-20(23-24-25-27)29-13-19(28)26(11-3-10-22)17-8-9-18(21)15(2)12-17/h4-9,12H,3,11,13H2,1-2H3. The lowest BCUT2D eigenvalue weighted by atomic mass is 10.2. The molecule has 2 aromatic carbocycles. The summed E-state index contributed by atoms with van der Waals surface area (Å²) in [5, 5.41) is 21.9. The van der Waals surface area contributed by atoms with Gasteiger partial charge in [0.05, 0.1) is 23.9 Å². The van der Waals surface area contributed by atoms with Crippen molar-refractivity contribution in [2.45, 2.75) is 25.4 Å². The Kier molecular flexibility index (Phi) is 6.86. The highest BCUT2D eigenvalue weighted by Crippen LogP contribution is 2.25. The molecule has 0 atom stereocenters. The average Bonchev–Trinajstić information content (AvgIpc) is 3.18. The van der Waals surface area contributed by atoms with E-state index in [2.05, 4.69) is 21.6 Å². The van der Waals surface area contributed by atoms with E-state index in [1.165, 1.54) is 11.8 Å². The number of amides is 1. The molecule has 0 bridgehead atoms. The number of carbonyl (C=O) groups excluding carboxylic acids is 1. The first kappa shape index (κ1) is 20.8. The van der Waals surface area contributed by atoms with E-state index in [1.807, 2.05) is 44.2 Å². The predicted octanol–water partition coefficient (Wildman–Crippen LogP) is 3.97. The van der Waals surface area contributed by atoms with Crippen molar-refractivity contribution in [1.82, 2.24) is 20.2 Å². The number of rotatable bonds is 7. The molecule has 0 unspecified atom stereocenters. The van der Waals surface area contributed by atoms with Gasteiger partial charge in [-0.25, -0.2) is 0 Å². The minimum Gasteiger partial charge on any atom is -0.311 e. The first-order valence-corrected chi connectivity index (χ1v) is 10.3. The number of benzene rings is 2. The fourth-order valence-electron chi connectivity index (χ4n) is 2.68. The highest BCUT2D eigenvalue weighted by Gasteiger charge is 2.19. The summed E-state index contributed by atoms with van der Waals surface area (Å²) in [7, 11) is 0. The fraction of sp³-hybridized carbons (Fsp3) is 0.250. The third-order valence-corrected chi connectivity index (χ3v) is 5.57. The number of carbonyl (C=O) groups is 1. The molecule has 7 nitrogen and oxygen atoms in total. The number of hydrogen-bond donors (Lipinski definition) is 0. The number of thioether (sulfide) groups is 1. The van der Waals surface area contributed by atoms with E-state index in [0.29, 0.717) is 22.4 Å². The SMILES string of the molecule is Cc1ccc(-n2nnnc2SCC(=O)N(CCC#N)c2ccc(Cl)c(C)c2)cc1. The number of hydrogen-bond acceptors (Lipinski definition) is 6. The zero-order valence-electron chi connectivity index (χ0n) is 16.0. The maximum atomic E-state index is 12.9. The first-order valence-electron chi connectivity index (χ1n) is 8.91. The molecule has 0 N–H and O–H groups in total. The molecule has 1 amide bonds. The minimum absolute atomic E-state index is 0.134.